The van der Waals surface area contributed by atoms with E-state index < -0.39 is 34.1 Å². The zero-order chi connectivity index (χ0) is 23.5. The summed E-state index contributed by atoms with van der Waals surface area (Å²) in [6.07, 6.45) is 0.455. The molecule has 3 rings (SSSR count). The van der Waals surface area contributed by atoms with E-state index in [1.54, 1.807) is 13.8 Å². The third-order valence-corrected chi connectivity index (χ3v) is 7.39. The number of hydrogen-bond donors (Lipinski definition) is 4. The molecule has 4 N–H and O–H groups in total. The lowest BCUT2D eigenvalue weighted by molar-refractivity contribution is -0.130. The van der Waals surface area contributed by atoms with E-state index in [9.17, 15) is 23.1 Å². The van der Waals surface area contributed by atoms with Gasteiger partial charge in [-0.25, -0.2) is 8.42 Å². The third-order valence-electron chi connectivity index (χ3n) is 5.57. The smallest absolute Gasteiger partial charge is 0.243 e. The summed E-state index contributed by atoms with van der Waals surface area (Å²) in [7, 11) is -2.56. The molecule has 0 aromatic heterocycles. The SMILES string of the molecule is C[C@H](NC(=O)[C@@H]1CCCN1)C(=O)N[C@@H](C)[C@H](O)CN(C)S(=O)(=O)c1ccc2c(c1)OCO2. The quantitative estimate of drug-likeness (QED) is 0.365. The summed E-state index contributed by atoms with van der Waals surface area (Å²) in [5.41, 5.74) is 0. The van der Waals surface area contributed by atoms with Crippen LogP contribution in [-0.4, -0.2) is 80.8 Å². The number of rotatable bonds is 9. The van der Waals surface area contributed by atoms with Gasteiger partial charge in [0, 0.05) is 19.7 Å². The molecule has 2 aliphatic heterocycles. The number of benzene rings is 1. The molecule has 2 aliphatic rings. The highest BCUT2D eigenvalue weighted by atomic mass is 32.2. The molecule has 1 aromatic carbocycles. The lowest BCUT2D eigenvalue weighted by atomic mass is 10.1. The molecule has 12 heteroatoms. The Labute approximate surface area is 187 Å². The number of likely N-dealkylation sites (N-methyl/N-ethyl adjacent to an activating group) is 1. The summed E-state index contributed by atoms with van der Waals surface area (Å²) in [4.78, 5) is 24.6. The minimum Gasteiger partial charge on any atom is -0.454 e. The van der Waals surface area contributed by atoms with Gasteiger partial charge >= 0.3 is 0 Å². The van der Waals surface area contributed by atoms with Crippen molar-refractivity contribution in [1.82, 2.24) is 20.3 Å². The largest absolute Gasteiger partial charge is 0.454 e. The first-order valence-electron chi connectivity index (χ1n) is 10.5. The Morgan fingerprint density at radius 1 is 1.25 bits per heavy atom. The molecule has 2 heterocycles. The maximum atomic E-state index is 12.8. The Balaban J connectivity index is 1.53. The number of fused-ring (bicyclic) bond motifs is 1. The molecule has 32 heavy (non-hydrogen) atoms. The molecule has 178 valence electrons. The maximum absolute atomic E-state index is 12.8. The van der Waals surface area contributed by atoms with E-state index in [1.807, 2.05) is 0 Å². The van der Waals surface area contributed by atoms with Gasteiger partial charge in [-0.3, -0.25) is 9.59 Å². The van der Waals surface area contributed by atoms with Gasteiger partial charge in [0.15, 0.2) is 11.5 Å². The number of carbonyl (C=O) groups is 2. The predicted molar refractivity (Wildman–Crippen MR) is 115 cm³/mol. The van der Waals surface area contributed by atoms with Crippen LogP contribution in [0.2, 0.25) is 0 Å². The maximum Gasteiger partial charge on any atom is 0.243 e. The summed E-state index contributed by atoms with van der Waals surface area (Å²) in [6.45, 7) is 3.67. The molecular formula is C20H30N4O7S. The van der Waals surface area contributed by atoms with Crippen molar-refractivity contribution in [2.24, 2.45) is 0 Å². The van der Waals surface area contributed by atoms with Gasteiger partial charge in [-0.2, -0.15) is 4.31 Å². The molecule has 1 saturated heterocycles. The van der Waals surface area contributed by atoms with Crippen molar-refractivity contribution >= 4 is 21.8 Å². The number of aliphatic hydroxyl groups excluding tert-OH is 1. The number of nitrogens with one attached hydrogen (secondary N) is 3. The van der Waals surface area contributed by atoms with E-state index in [2.05, 4.69) is 16.0 Å². The van der Waals surface area contributed by atoms with Gasteiger partial charge in [-0.05, 0) is 45.4 Å². The van der Waals surface area contributed by atoms with E-state index in [-0.39, 0.29) is 30.2 Å². The summed E-state index contributed by atoms with van der Waals surface area (Å²) < 4.78 is 37.1. The number of sulfonamides is 1. The van der Waals surface area contributed by atoms with Crippen LogP contribution in [0.4, 0.5) is 0 Å². The zero-order valence-corrected chi connectivity index (χ0v) is 19.1. The highest BCUT2D eigenvalue weighted by Crippen LogP contribution is 2.34. The molecule has 0 radical (unpaired) electrons. The molecule has 1 aromatic rings. The highest BCUT2D eigenvalue weighted by Gasteiger charge is 2.29. The van der Waals surface area contributed by atoms with Crippen molar-refractivity contribution < 1.29 is 32.6 Å². The van der Waals surface area contributed by atoms with Crippen molar-refractivity contribution in [3.05, 3.63) is 18.2 Å². The van der Waals surface area contributed by atoms with Crippen LogP contribution >= 0.6 is 0 Å². The van der Waals surface area contributed by atoms with E-state index in [0.29, 0.717) is 11.5 Å². The number of aliphatic hydroxyl groups is 1. The van der Waals surface area contributed by atoms with Crippen LogP contribution in [0, 0.1) is 0 Å². The molecular weight excluding hydrogens is 440 g/mol. The van der Waals surface area contributed by atoms with E-state index in [1.165, 1.54) is 25.2 Å². The first-order chi connectivity index (χ1) is 15.1. The fraction of sp³-hybridized carbons (Fsp3) is 0.600. The lowest BCUT2D eigenvalue weighted by Gasteiger charge is -2.26. The van der Waals surface area contributed by atoms with Crippen molar-refractivity contribution in [2.45, 2.75) is 55.8 Å². The molecule has 0 aliphatic carbocycles. The monoisotopic (exact) mass is 470 g/mol. The average molecular weight is 471 g/mol. The minimum atomic E-state index is -3.90. The van der Waals surface area contributed by atoms with Gasteiger partial charge in [0.25, 0.3) is 0 Å². The number of carbonyl (C=O) groups excluding carboxylic acids is 2. The fourth-order valence-electron chi connectivity index (χ4n) is 3.47. The van der Waals surface area contributed by atoms with Gasteiger partial charge in [-0.15, -0.1) is 0 Å². The Morgan fingerprint density at radius 3 is 2.66 bits per heavy atom. The average Bonchev–Trinajstić information content (AvgIpc) is 3.44. The molecule has 4 atom stereocenters. The first-order valence-corrected chi connectivity index (χ1v) is 11.9. The van der Waals surface area contributed by atoms with Crippen molar-refractivity contribution in [1.29, 1.82) is 0 Å². The fourth-order valence-corrected chi connectivity index (χ4v) is 4.68. The Hall–Kier alpha value is -2.41. The molecule has 1 fully saturated rings. The van der Waals surface area contributed by atoms with Gasteiger partial charge in [0.05, 0.1) is 23.1 Å². The van der Waals surface area contributed by atoms with Crippen LogP contribution in [0.1, 0.15) is 26.7 Å². The summed E-state index contributed by atoms with van der Waals surface area (Å²) in [5, 5.41) is 18.8. The van der Waals surface area contributed by atoms with Gasteiger partial charge in [0.2, 0.25) is 28.6 Å². The Bertz CT molecular complexity index is 949. The summed E-state index contributed by atoms with van der Waals surface area (Å²) >= 11 is 0. The van der Waals surface area contributed by atoms with Crippen LogP contribution in [0.5, 0.6) is 11.5 Å². The van der Waals surface area contributed by atoms with Gasteiger partial charge in [0.1, 0.15) is 6.04 Å². The van der Waals surface area contributed by atoms with Gasteiger partial charge < -0.3 is 30.5 Å². The zero-order valence-electron chi connectivity index (χ0n) is 18.3. The summed E-state index contributed by atoms with van der Waals surface area (Å²) in [5.74, 6) is 0.0921. The van der Waals surface area contributed by atoms with Crippen molar-refractivity contribution in [3.8, 4) is 11.5 Å². The van der Waals surface area contributed by atoms with Crippen LogP contribution in [0.3, 0.4) is 0 Å². The Kier molecular flexibility index (Phi) is 7.59. The molecule has 2 amide bonds. The van der Waals surface area contributed by atoms with E-state index >= 15 is 0 Å². The van der Waals surface area contributed by atoms with E-state index in [0.717, 1.165) is 23.7 Å². The van der Waals surface area contributed by atoms with Crippen LogP contribution in [0.25, 0.3) is 0 Å². The summed E-state index contributed by atoms with van der Waals surface area (Å²) in [6, 6.07) is 2.44. The normalized spacial score (nSPS) is 20.6. The number of hydrogen-bond acceptors (Lipinski definition) is 8. The second-order valence-corrected chi connectivity index (χ2v) is 10.1. The minimum absolute atomic E-state index is 0.00463. The standard InChI is InChI=1S/C20H30N4O7S/c1-12(22-19(26)13(2)23-20(27)15-5-4-8-21-15)16(25)10-24(3)32(28,29)14-6-7-17-18(9-14)31-11-30-17/h6-7,9,12-13,15-16,21,25H,4-5,8,10-11H2,1-3H3,(H,22,26)(H,23,27)/t12-,13-,15-,16+/m0/s1. The number of nitrogens with zero attached hydrogens (tertiary/aromatic N) is 1. The van der Waals surface area contributed by atoms with Crippen LogP contribution < -0.4 is 25.4 Å². The second-order valence-electron chi connectivity index (χ2n) is 8.04. The third kappa shape index (κ3) is 5.49. The van der Waals surface area contributed by atoms with E-state index in [4.69, 9.17) is 9.47 Å². The topological polar surface area (TPSA) is 146 Å². The molecule has 0 saturated carbocycles. The van der Waals surface area contributed by atoms with Crippen molar-refractivity contribution in [2.75, 3.05) is 26.9 Å². The molecule has 11 nitrogen and oxygen atoms in total. The Morgan fingerprint density at radius 2 is 1.97 bits per heavy atom. The predicted octanol–water partition coefficient (Wildman–Crippen LogP) is -0.842. The van der Waals surface area contributed by atoms with Crippen LogP contribution in [-0.2, 0) is 19.6 Å². The van der Waals surface area contributed by atoms with Gasteiger partial charge in [-0.1, -0.05) is 0 Å². The number of ether oxygens (including phenoxy) is 2. The van der Waals surface area contributed by atoms with Crippen LogP contribution in [0.15, 0.2) is 23.1 Å². The number of amides is 2. The first kappa shape index (κ1) is 24.2. The lowest BCUT2D eigenvalue weighted by Crippen LogP contribution is -2.54. The second kappa shape index (κ2) is 10.0. The molecule has 0 bridgehead atoms. The molecule has 0 unspecified atom stereocenters. The van der Waals surface area contributed by atoms with Crippen molar-refractivity contribution in [3.63, 3.8) is 0 Å². The highest BCUT2D eigenvalue weighted by molar-refractivity contribution is 7.89. The molecule has 0 spiro atoms.